The smallest absolute Gasteiger partial charge is 0.260 e. The maximum absolute atomic E-state index is 15.3. The van der Waals surface area contributed by atoms with Gasteiger partial charge in [-0.25, -0.2) is 4.39 Å². The zero-order chi connectivity index (χ0) is 42.0. The van der Waals surface area contributed by atoms with E-state index in [1.807, 2.05) is 49.3 Å². The van der Waals surface area contributed by atoms with Gasteiger partial charge >= 0.3 is 0 Å². The number of rotatable bonds is 8. The molecule has 5 aromatic carbocycles. The Kier molecular flexibility index (Phi) is 9.79. The molecule has 0 aromatic heterocycles. The van der Waals surface area contributed by atoms with Gasteiger partial charge in [0.15, 0.2) is 0 Å². The molecular weight excluding hydrogens is 806 g/mol. The number of imide groups is 2. The number of nitrogens with one attached hydrogen (secondary N) is 1. The molecule has 3 fully saturated rings. The Balaban J connectivity index is 1.11. The van der Waals surface area contributed by atoms with Gasteiger partial charge in [0.25, 0.3) is 11.8 Å². The maximum atomic E-state index is 15.3. The van der Waals surface area contributed by atoms with Crippen LogP contribution in [0.25, 0.3) is 0 Å². The Bertz CT molecular complexity index is 2620. The predicted molar refractivity (Wildman–Crippen MR) is 226 cm³/mol. The first-order valence-corrected chi connectivity index (χ1v) is 20.1. The van der Waals surface area contributed by atoms with E-state index in [0.29, 0.717) is 44.5 Å². The number of phenolic OH excluding ortho intramolecular Hbond substituents is 1. The zero-order valence-electron chi connectivity index (χ0n) is 32.3. The Hall–Kier alpha value is -6.37. The van der Waals surface area contributed by atoms with Gasteiger partial charge in [0, 0.05) is 35.7 Å². The van der Waals surface area contributed by atoms with Crippen LogP contribution in [0.1, 0.15) is 29.9 Å². The average molecular weight is 844 g/mol. The number of hydrazine groups is 1. The Morgan fingerprint density at radius 2 is 1.43 bits per heavy atom. The van der Waals surface area contributed by atoms with Crippen LogP contribution in [0.2, 0.25) is 10.0 Å². The number of aromatic hydroxyl groups is 1. The fourth-order valence-electron chi connectivity index (χ4n) is 9.61. The molecule has 0 bridgehead atoms. The summed E-state index contributed by atoms with van der Waals surface area (Å²) >= 11 is 13.3. The molecule has 2 aliphatic carbocycles. The summed E-state index contributed by atoms with van der Waals surface area (Å²) in [6.45, 7) is 0. The average Bonchev–Trinajstić information content (AvgIpc) is 3.62. The van der Waals surface area contributed by atoms with Crippen molar-refractivity contribution in [1.29, 1.82) is 0 Å². The Morgan fingerprint density at radius 1 is 0.783 bits per heavy atom. The fourth-order valence-corrected chi connectivity index (χ4v) is 10.0. The first kappa shape index (κ1) is 39.1. The first-order chi connectivity index (χ1) is 28.9. The highest BCUT2D eigenvalue weighted by atomic mass is 35.5. The summed E-state index contributed by atoms with van der Waals surface area (Å²) in [6, 6.07) is 30.8. The number of fused-ring (bicyclic) bond motifs is 4. The number of hydrogen-bond acceptors (Lipinski definition) is 9. The Labute approximate surface area is 354 Å². The molecule has 0 radical (unpaired) electrons. The van der Waals surface area contributed by atoms with Crippen LogP contribution in [-0.2, 0) is 24.6 Å². The summed E-state index contributed by atoms with van der Waals surface area (Å²) in [4.78, 5) is 62.4. The first-order valence-electron chi connectivity index (χ1n) is 19.4. The number of halogens is 3. The fraction of sp³-hybridized carbons (Fsp3) is 0.217. The van der Waals surface area contributed by atoms with Gasteiger partial charge in [0.2, 0.25) is 11.8 Å². The number of carbonyl (C=O) groups excluding carboxylic acids is 4. The van der Waals surface area contributed by atoms with Gasteiger partial charge in [0.1, 0.15) is 11.6 Å². The number of carbonyl (C=O) groups is 4. The van der Waals surface area contributed by atoms with Gasteiger partial charge in [-0.2, -0.15) is 15.2 Å². The largest absolute Gasteiger partial charge is 0.508 e. The molecule has 1 saturated carbocycles. The van der Waals surface area contributed by atoms with Crippen LogP contribution in [0.3, 0.4) is 0 Å². The van der Waals surface area contributed by atoms with Crippen LogP contribution >= 0.6 is 23.2 Å². The predicted octanol–water partition coefficient (Wildman–Crippen LogP) is 9.51. The number of amides is 4. The molecule has 0 unspecified atom stereocenters. The quantitative estimate of drug-likeness (QED) is 0.0903. The maximum Gasteiger partial charge on any atom is 0.260 e. The van der Waals surface area contributed by atoms with Crippen molar-refractivity contribution in [3.05, 3.63) is 154 Å². The van der Waals surface area contributed by atoms with E-state index in [0.717, 1.165) is 10.7 Å². The standard InChI is InChI=1S/C46H37Cl2FN6O5/c1-53(2)31-15-11-28(12-16-31)50-51-29-13-17-32(18-14-29)54-42(57)36-22-21-34-37(40(36)44(54)59)24-38-43(58)55(52-30-9-7-27(49)8-10-30)45(60)46(38,25-3-5-26(47)6-4-25)41(34)35-20-19-33(56)23-39(35)48/h3-21,23,36-38,40-41,52,56H,22,24H2,1-2H3/t36-,37+,38-,40-,41+,46+/m0/s1. The number of azo groups is 1. The molecule has 5 aromatic rings. The molecule has 4 aliphatic rings. The van der Waals surface area contributed by atoms with Crippen LogP contribution < -0.4 is 15.2 Å². The number of hydrogen-bond donors (Lipinski definition) is 2. The van der Waals surface area contributed by atoms with Gasteiger partial charge in [0.05, 0.1) is 45.9 Å². The highest BCUT2D eigenvalue weighted by molar-refractivity contribution is 6.32. The van der Waals surface area contributed by atoms with Gasteiger partial charge in [-0.3, -0.25) is 29.5 Å². The molecule has 0 spiro atoms. The summed E-state index contributed by atoms with van der Waals surface area (Å²) in [6.07, 6.45) is 2.17. The highest BCUT2D eigenvalue weighted by Crippen LogP contribution is 2.65. The van der Waals surface area contributed by atoms with Gasteiger partial charge in [-0.1, -0.05) is 53.1 Å². The summed E-state index contributed by atoms with van der Waals surface area (Å²) < 4.78 is 13.9. The monoisotopic (exact) mass is 842 g/mol. The minimum Gasteiger partial charge on any atom is -0.508 e. The van der Waals surface area contributed by atoms with Gasteiger partial charge < -0.3 is 10.0 Å². The third kappa shape index (κ3) is 6.33. The highest BCUT2D eigenvalue weighted by Gasteiger charge is 2.70. The van der Waals surface area contributed by atoms with E-state index in [1.54, 1.807) is 54.6 Å². The lowest BCUT2D eigenvalue weighted by Gasteiger charge is -2.50. The third-order valence-electron chi connectivity index (χ3n) is 12.3. The van der Waals surface area contributed by atoms with E-state index in [-0.39, 0.29) is 29.5 Å². The van der Waals surface area contributed by atoms with Crippen molar-refractivity contribution in [2.24, 2.45) is 33.9 Å². The molecule has 6 atom stereocenters. The van der Waals surface area contributed by atoms with Crippen molar-refractivity contribution in [1.82, 2.24) is 5.01 Å². The van der Waals surface area contributed by atoms with Crippen molar-refractivity contribution in [3.8, 4) is 5.75 Å². The third-order valence-corrected chi connectivity index (χ3v) is 12.9. The van der Waals surface area contributed by atoms with E-state index in [4.69, 9.17) is 23.2 Å². The molecule has 2 aliphatic heterocycles. The number of phenols is 1. The molecule has 4 amide bonds. The second-order valence-electron chi connectivity index (χ2n) is 15.7. The van der Waals surface area contributed by atoms with E-state index in [2.05, 4.69) is 15.7 Å². The summed E-state index contributed by atoms with van der Waals surface area (Å²) in [5.41, 5.74) is 5.86. The normalized spacial score (nSPS) is 24.7. The molecule has 11 nitrogen and oxygen atoms in total. The van der Waals surface area contributed by atoms with E-state index in [1.165, 1.54) is 41.3 Å². The van der Waals surface area contributed by atoms with Crippen LogP contribution in [0.4, 0.5) is 32.8 Å². The molecule has 9 rings (SSSR count). The van der Waals surface area contributed by atoms with Crippen LogP contribution in [-0.4, -0.2) is 47.8 Å². The zero-order valence-corrected chi connectivity index (χ0v) is 33.8. The lowest BCUT2D eigenvalue weighted by Crippen LogP contribution is -2.53. The summed E-state index contributed by atoms with van der Waals surface area (Å²) in [5.74, 6) is -6.73. The van der Waals surface area contributed by atoms with Crippen molar-refractivity contribution in [2.45, 2.75) is 24.2 Å². The number of allylic oxidation sites excluding steroid dienone is 2. The lowest BCUT2D eigenvalue weighted by atomic mass is 9.49. The minimum absolute atomic E-state index is 0.0513. The van der Waals surface area contributed by atoms with Crippen molar-refractivity contribution in [3.63, 3.8) is 0 Å². The van der Waals surface area contributed by atoms with E-state index < -0.39 is 58.5 Å². The number of anilines is 3. The van der Waals surface area contributed by atoms with E-state index >= 15 is 4.79 Å². The van der Waals surface area contributed by atoms with E-state index in [9.17, 15) is 23.9 Å². The van der Waals surface area contributed by atoms with Crippen LogP contribution in [0.15, 0.2) is 137 Å². The van der Waals surface area contributed by atoms with Crippen LogP contribution in [0.5, 0.6) is 5.75 Å². The van der Waals surface area contributed by atoms with Crippen LogP contribution in [0, 0.1) is 29.5 Å². The molecular formula is C46H37Cl2FN6O5. The van der Waals surface area contributed by atoms with Gasteiger partial charge in [-0.05, 0) is 127 Å². The van der Waals surface area contributed by atoms with Crippen molar-refractivity contribution >= 4 is 75.3 Å². The van der Waals surface area contributed by atoms with Crippen molar-refractivity contribution < 1.29 is 28.7 Å². The molecule has 60 heavy (non-hydrogen) atoms. The lowest BCUT2D eigenvalue weighted by molar-refractivity contribution is -0.138. The molecule has 2 heterocycles. The van der Waals surface area contributed by atoms with Crippen molar-refractivity contribution in [2.75, 3.05) is 29.3 Å². The Morgan fingerprint density at radius 3 is 2.07 bits per heavy atom. The second kappa shape index (κ2) is 15.0. The molecule has 14 heteroatoms. The second-order valence-corrected chi connectivity index (χ2v) is 16.6. The topological polar surface area (TPSA) is 135 Å². The van der Waals surface area contributed by atoms with Gasteiger partial charge in [-0.15, -0.1) is 0 Å². The number of nitrogens with zero attached hydrogens (tertiary/aromatic N) is 5. The summed E-state index contributed by atoms with van der Waals surface area (Å²) in [7, 11) is 3.90. The summed E-state index contributed by atoms with van der Waals surface area (Å²) in [5, 5.41) is 20.7. The molecule has 2 saturated heterocycles. The SMILES string of the molecule is CN(C)c1ccc(N=Nc2ccc(N3C(=O)[C@H]4[C@H](CC=C5[C@H]4C[C@H]4C(=O)N(Nc6ccc(F)cc6)C(=O)[C@@]4(c4ccc(Cl)cc4)[C@H]5c4ccc(O)cc4Cl)C3=O)cc2)cc1. The molecule has 302 valence electrons. The minimum atomic E-state index is -1.62. The number of benzene rings is 5. The molecule has 2 N–H and O–H groups in total.